The summed E-state index contributed by atoms with van der Waals surface area (Å²) in [5.74, 6) is 0.905. The molecular formula is C13H19BrIN2OP. The predicted octanol–water partition coefficient (Wildman–Crippen LogP) is 5.71. The number of halogens is 2. The fourth-order valence-corrected chi connectivity index (χ4v) is 3.75. The van der Waals surface area contributed by atoms with Gasteiger partial charge in [0.2, 0.25) is 0 Å². The topological polar surface area (TPSA) is 27.1 Å². The van der Waals surface area contributed by atoms with Crippen LogP contribution in [0.1, 0.15) is 33.4 Å². The molecule has 1 atom stereocenters. The summed E-state index contributed by atoms with van der Waals surface area (Å²) in [5, 5.41) is 5.65. The number of ether oxygens (including phenoxy) is 1. The van der Waals surface area contributed by atoms with Crippen LogP contribution in [0.25, 0.3) is 10.9 Å². The van der Waals surface area contributed by atoms with Crippen LogP contribution in [0.15, 0.2) is 16.6 Å². The van der Waals surface area contributed by atoms with E-state index in [1.165, 1.54) is 0 Å². The lowest BCUT2D eigenvalue weighted by Gasteiger charge is -2.11. The molecule has 2 rings (SSSR count). The Balaban J connectivity index is 0.000000861. The number of hydrogen-bond acceptors (Lipinski definition) is 2. The number of nitrogens with zero attached hydrogens (tertiary/aromatic N) is 2. The maximum atomic E-state index is 5.86. The van der Waals surface area contributed by atoms with Crippen molar-refractivity contribution in [2.45, 2.75) is 40.7 Å². The van der Waals surface area contributed by atoms with Gasteiger partial charge in [0, 0.05) is 4.47 Å². The molecule has 1 unspecified atom stereocenters. The smallest absolute Gasteiger partial charge is 0.132 e. The lowest BCUT2D eigenvalue weighted by Crippen LogP contribution is -2.05. The normalized spacial score (nSPS) is 11.2. The number of rotatable bonds is 3. The number of aryl methyl sites for hydroxylation is 1. The molecule has 19 heavy (non-hydrogen) atoms. The van der Waals surface area contributed by atoms with Gasteiger partial charge in [-0.1, -0.05) is 29.8 Å². The highest BCUT2D eigenvalue weighted by Gasteiger charge is 2.14. The number of fused-ring (bicyclic) bond motifs is 1. The average molecular weight is 457 g/mol. The molecule has 1 aromatic heterocycles. The molecule has 0 aliphatic carbocycles. The Morgan fingerprint density at radius 1 is 1.37 bits per heavy atom. The Kier molecular flexibility index (Phi) is 7.05. The molecule has 106 valence electrons. The third-order valence-electron chi connectivity index (χ3n) is 2.33. The highest BCUT2D eigenvalue weighted by Crippen LogP contribution is 2.37. The van der Waals surface area contributed by atoms with Gasteiger partial charge in [0.25, 0.3) is 0 Å². The highest BCUT2D eigenvalue weighted by molar-refractivity contribution is 14.2. The van der Waals surface area contributed by atoms with E-state index in [4.69, 9.17) is 4.74 Å². The second kappa shape index (κ2) is 7.79. The van der Waals surface area contributed by atoms with Crippen molar-refractivity contribution in [3.63, 3.8) is 0 Å². The Morgan fingerprint density at radius 2 is 2.00 bits per heavy atom. The van der Waals surface area contributed by atoms with Gasteiger partial charge in [-0.2, -0.15) is 5.10 Å². The summed E-state index contributed by atoms with van der Waals surface area (Å²) < 4.78 is 8.91. The van der Waals surface area contributed by atoms with Crippen molar-refractivity contribution in [1.29, 1.82) is 0 Å². The van der Waals surface area contributed by atoms with Crippen LogP contribution >= 0.6 is 44.3 Å². The molecule has 0 saturated carbocycles. The Morgan fingerprint density at radius 3 is 2.53 bits per heavy atom. The average Bonchev–Trinajstić information content (AvgIpc) is 2.67. The first-order valence-corrected chi connectivity index (χ1v) is 11.1. The molecule has 0 amide bonds. The van der Waals surface area contributed by atoms with E-state index in [1.807, 2.05) is 45.1 Å². The molecule has 0 radical (unpaired) electrons. The zero-order valence-corrected chi connectivity index (χ0v) is 16.5. The third kappa shape index (κ3) is 4.05. The summed E-state index contributed by atoms with van der Waals surface area (Å²) in [5.41, 5.74) is 2.15. The van der Waals surface area contributed by atoms with Crippen LogP contribution in [0.5, 0.6) is 5.75 Å². The van der Waals surface area contributed by atoms with E-state index in [-0.39, 0.29) is 6.10 Å². The molecule has 1 aromatic carbocycles. The minimum Gasteiger partial charge on any atom is -0.490 e. The van der Waals surface area contributed by atoms with Crippen molar-refractivity contribution in [3.05, 3.63) is 22.3 Å². The molecular weight excluding hydrogens is 438 g/mol. The first-order chi connectivity index (χ1) is 9.02. The minimum absolute atomic E-state index is 0.164. The van der Waals surface area contributed by atoms with Gasteiger partial charge in [-0.05, 0) is 54.9 Å². The van der Waals surface area contributed by atoms with Gasteiger partial charge in [-0.25, -0.2) is 4.45 Å². The summed E-state index contributed by atoms with van der Waals surface area (Å²) in [6.07, 6.45) is 0.757. The van der Waals surface area contributed by atoms with Crippen LogP contribution < -0.4 is 4.74 Å². The molecule has 2 aromatic rings. The standard InChI is InChI=1S/C11H13BrIN2OP.C2H6/c1-6(2)16-10-5-8(12)4-9-11(10)7(3)14-15(9)17-13;1-2/h4-6,17H,1-3H3;1-2H3. The maximum absolute atomic E-state index is 5.86. The van der Waals surface area contributed by atoms with Gasteiger partial charge in [0.15, 0.2) is 0 Å². The summed E-state index contributed by atoms with van der Waals surface area (Å²) in [6.45, 7) is 10.1. The quantitative estimate of drug-likeness (QED) is 0.436. The fourth-order valence-electron chi connectivity index (χ4n) is 1.76. The van der Waals surface area contributed by atoms with E-state index in [0.29, 0.717) is 6.37 Å². The van der Waals surface area contributed by atoms with Crippen LogP contribution in [0.3, 0.4) is 0 Å². The van der Waals surface area contributed by atoms with Crippen molar-refractivity contribution in [2.75, 3.05) is 0 Å². The van der Waals surface area contributed by atoms with Crippen molar-refractivity contribution in [1.82, 2.24) is 9.55 Å². The largest absolute Gasteiger partial charge is 0.490 e. The Labute approximate surface area is 137 Å². The second-order valence-electron chi connectivity index (χ2n) is 4.05. The van der Waals surface area contributed by atoms with Crippen LogP contribution in [0.2, 0.25) is 0 Å². The van der Waals surface area contributed by atoms with Crippen LogP contribution in [0.4, 0.5) is 0 Å². The van der Waals surface area contributed by atoms with Crippen molar-refractivity contribution in [3.8, 4) is 5.75 Å². The number of aromatic nitrogens is 2. The molecule has 0 aliphatic heterocycles. The van der Waals surface area contributed by atoms with E-state index >= 15 is 0 Å². The SMILES string of the molecule is CC.Cc1nn(PI)c2cc(Br)cc(OC(C)C)c12. The zero-order chi connectivity index (χ0) is 14.6. The fraction of sp³-hybridized carbons (Fsp3) is 0.462. The van der Waals surface area contributed by atoms with Crippen LogP contribution in [0, 0.1) is 6.92 Å². The zero-order valence-electron chi connectivity index (χ0n) is 11.8. The highest BCUT2D eigenvalue weighted by atomic mass is 127. The Hall–Kier alpha value is 0.130. The first kappa shape index (κ1) is 17.2. The summed E-state index contributed by atoms with van der Waals surface area (Å²) in [7, 11) is 0. The number of hydrogen-bond donors (Lipinski definition) is 0. The predicted molar refractivity (Wildman–Crippen MR) is 97.0 cm³/mol. The van der Waals surface area contributed by atoms with E-state index in [9.17, 15) is 0 Å². The van der Waals surface area contributed by atoms with E-state index in [2.05, 4.69) is 49.1 Å². The third-order valence-corrected chi connectivity index (χ3v) is 4.66. The molecule has 6 heteroatoms. The van der Waals surface area contributed by atoms with Crippen LogP contribution in [-0.4, -0.2) is 15.7 Å². The second-order valence-corrected chi connectivity index (χ2v) is 7.00. The van der Waals surface area contributed by atoms with Gasteiger partial charge < -0.3 is 4.74 Å². The number of benzene rings is 1. The van der Waals surface area contributed by atoms with Gasteiger partial charge in [0.05, 0.1) is 29.1 Å². The summed E-state index contributed by atoms with van der Waals surface area (Å²) in [4.78, 5) is 0. The molecule has 1 heterocycles. The molecule has 0 N–H and O–H groups in total. The van der Waals surface area contributed by atoms with Crippen molar-refractivity contribution in [2.24, 2.45) is 0 Å². The van der Waals surface area contributed by atoms with E-state index < -0.39 is 0 Å². The van der Waals surface area contributed by atoms with Gasteiger partial charge in [0.1, 0.15) is 5.75 Å². The monoisotopic (exact) mass is 456 g/mol. The molecule has 0 spiro atoms. The van der Waals surface area contributed by atoms with Crippen molar-refractivity contribution < 1.29 is 4.74 Å². The van der Waals surface area contributed by atoms with Gasteiger partial charge in [-0.15, -0.1) is 0 Å². The summed E-state index contributed by atoms with van der Waals surface area (Å²) >= 11 is 5.86. The summed E-state index contributed by atoms with van der Waals surface area (Å²) in [6, 6.07) is 4.10. The molecule has 0 aliphatic rings. The molecule has 0 saturated heterocycles. The first-order valence-electron chi connectivity index (χ1n) is 6.25. The molecule has 0 bridgehead atoms. The molecule has 0 fully saturated rings. The lowest BCUT2D eigenvalue weighted by molar-refractivity contribution is 0.245. The van der Waals surface area contributed by atoms with Gasteiger partial charge in [-0.3, -0.25) is 0 Å². The molecule has 3 nitrogen and oxygen atoms in total. The van der Waals surface area contributed by atoms with Crippen LogP contribution in [-0.2, 0) is 0 Å². The van der Waals surface area contributed by atoms with E-state index in [0.717, 1.165) is 26.8 Å². The van der Waals surface area contributed by atoms with Crippen molar-refractivity contribution >= 4 is 55.2 Å². The lowest BCUT2D eigenvalue weighted by atomic mass is 10.2. The Bertz CT molecular complexity index is 557. The maximum Gasteiger partial charge on any atom is 0.132 e. The van der Waals surface area contributed by atoms with E-state index in [1.54, 1.807) is 0 Å². The van der Waals surface area contributed by atoms with Gasteiger partial charge >= 0.3 is 0 Å². The minimum atomic E-state index is 0.164.